The van der Waals surface area contributed by atoms with Crippen molar-refractivity contribution < 1.29 is 4.74 Å². The highest BCUT2D eigenvalue weighted by Crippen LogP contribution is 2.33. The molecule has 3 nitrogen and oxygen atoms in total. The van der Waals surface area contributed by atoms with Crippen LogP contribution < -0.4 is 15.0 Å². The molecule has 17 heavy (non-hydrogen) atoms. The summed E-state index contributed by atoms with van der Waals surface area (Å²) in [7, 11) is 5.90. The molecule has 1 aromatic rings. The largest absolute Gasteiger partial charge is 0.497 e. The van der Waals surface area contributed by atoms with Crippen LogP contribution in [0.3, 0.4) is 0 Å². The van der Waals surface area contributed by atoms with Gasteiger partial charge in [-0.25, -0.2) is 0 Å². The lowest BCUT2D eigenvalue weighted by molar-refractivity contribution is 0.415. The van der Waals surface area contributed by atoms with Gasteiger partial charge in [-0.15, -0.1) is 0 Å². The third-order valence-corrected chi connectivity index (χ3v) is 3.55. The summed E-state index contributed by atoms with van der Waals surface area (Å²) in [6.07, 6.45) is 2.75. The first-order valence-corrected chi connectivity index (χ1v) is 6.27. The molecule has 0 bridgehead atoms. The van der Waals surface area contributed by atoms with E-state index in [2.05, 4.69) is 36.4 Å². The van der Waals surface area contributed by atoms with E-state index < -0.39 is 0 Å². The number of anilines is 1. The summed E-state index contributed by atoms with van der Waals surface area (Å²) >= 11 is 0. The smallest absolute Gasteiger partial charge is 0.119 e. The van der Waals surface area contributed by atoms with Crippen molar-refractivity contribution in [1.82, 2.24) is 5.32 Å². The molecular weight excluding hydrogens is 212 g/mol. The van der Waals surface area contributed by atoms with E-state index in [0.717, 1.165) is 18.2 Å². The molecule has 1 fully saturated rings. The minimum absolute atomic E-state index is 0.613. The number of ether oxygens (including phenoxy) is 1. The Bertz CT molecular complexity index is 346. The Morgan fingerprint density at radius 3 is 2.47 bits per heavy atom. The molecule has 0 radical (unpaired) electrons. The zero-order valence-corrected chi connectivity index (χ0v) is 10.9. The SMILES string of the molecule is CNC(CN(C)c1ccc(OC)cc1)C1CC1. The fraction of sp³-hybridized carbons (Fsp3) is 0.571. The van der Waals surface area contributed by atoms with Crippen molar-refractivity contribution in [1.29, 1.82) is 0 Å². The fourth-order valence-corrected chi connectivity index (χ4v) is 2.21. The van der Waals surface area contributed by atoms with Crippen LogP contribution in [0.4, 0.5) is 5.69 Å². The predicted octanol–water partition coefficient (Wildman–Crippen LogP) is 2.13. The average Bonchev–Trinajstić information content (AvgIpc) is 3.20. The molecule has 0 aliphatic heterocycles. The van der Waals surface area contributed by atoms with Gasteiger partial charge in [0.15, 0.2) is 0 Å². The van der Waals surface area contributed by atoms with Crippen molar-refractivity contribution in [3.8, 4) is 5.75 Å². The van der Waals surface area contributed by atoms with Crippen LogP contribution in [0.15, 0.2) is 24.3 Å². The quantitative estimate of drug-likeness (QED) is 0.816. The first-order valence-electron chi connectivity index (χ1n) is 6.27. The summed E-state index contributed by atoms with van der Waals surface area (Å²) in [4.78, 5) is 2.30. The lowest BCUT2D eigenvalue weighted by atomic mass is 10.1. The van der Waals surface area contributed by atoms with Crippen LogP contribution in [0.25, 0.3) is 0 Å². The highest BCUT2D eigenvalue weighted by molar-refractivity contribution is 5.48. The predicted molar refractivity (Wildman–Crippen MR) is 71.8 cm³/mol. The monoisotopic (exact) mass is 234 g/mol. The van der Waals surface area contributed by atoms with E-state index in [4.69, 9.17) is 4.74 Å². The topological polar surface area (TPSA) is 24.5 Å². The number of methoxy groups -OCH3 is 1. The van der Waals surface area contributed by atoms with E-state index in [1.165, 1.54) is 18.5 Å². The van der Waals surface area contributed by atoms with Gasteiger partial charge in [-0.1, -0.05) is 0 Å². The molecule has 1 aliphatic rings. The highest BCUT2D eigenvalue weighted by atomic mass is 16.5. The number of benzene rings is 1. The zero-order chi connectivity index (χ0) is 12.3. The van der Waals surface area contributed by atoms with E-state index in [1.807, 2.05) is 12.1 Å². The van der Waals surface area contributed by atoms with Gasteiger partial charge in [-0.2, -0.15) is 0 Å². The minimum atomic E-state index is 0.613. The van der Waals surface area contributed by atoms with Crippen LogP contribution in [0.1, 0.15) is 12.8 Å². The summed E-state index contributed by atoms with van der Waals surface area (Å²) in [6.45, 7) is 1.06. The summed E-state index contributed by atoms with van der Waals surface area (Å²) in [5.74, 6) is 1.79. The minimum Gasteiger partial charge on any atom is -0.497 e. The lowest BCUT2D eigenvalue weighted by Crippen LogP contribution is -2.39. The maximum Gasteiger partial charge on any atom is 0.119 e. The second kappa shape index (κ2) is 5.41. The third-order valence-electron chi connectivity index (χ3n) is 3.55. The molecule has 1 atom stereocenters. The molecule has 1 aliphatic carbocycles. The third kappa shape index (κ3) is 3.13. The first kappa shape index (κ1) is 12.2. The summed E-state index contributed by atoms with van der Waals surface area (Å²) in [5, 5.41) is 3.42. The number of rotatable bonds is 6. The van der Waals surface area contributed by atoms with Gasteiger partial charge in [0.05, 0.1) is 7.11 Å². The van der Waals surface area contributed by atoms with Crippen molar-refractivity contribution in [2.75, 3.05) is 32.6 Å². The van der Waals surface area contributed by atoms with E-state index in [1.54, 1.807) is 7.11 Å². The van der Waals surface area contributed by atoms with Gasteiger partial charge in [0.1, 0.15) is 5.75 Å². The summed E-state index contributed by atoms with van der Waals surface area (Å²) in [6, 6.07) is 8.85. The van der Waals surface area contributed by atoms with Crippen molar-refractivity contribution in [2.24, 2.45) is 5.92 Å². The van der Waals surface area contributed by atoms with Crippen molar-refractivity contribution in [3.05, 3.63) is 24.3 Å². The van der Waals surface area contributed by atoms with Crippen molar-refractivity contribution in [3.63, 3.8) is 0 Å². The van der Waals surface area contributed by atoms with Crippen LogP contribution in [0.5, 0.6) is 5.75 Å². The summed E-state index contributed by atoms with van der Waals surface area (Å²) in [5.41, 5.74) is 1.24. The van der Waals surface area contributed by atoms with Crippen LogP contribution in [0.2, 0.25) is 0 Å². The van der Waals surface area contributed by atoms with Crippen LogP contribution in [-0.4, -0.2) is 33.8 Å². The fourth-order valence-electron chi connectivity index (χ4n) is 2.21. The molecule has 0 heterocycles. The van der Waals surface area contributed by atoms with Crippen LogP contribution in [-0.2, 0) is 0 Å². The van der Waals surface area contributed by atoms with Gasteiger partial charge in [0, 0.05) is 25.3 Å². The number of likely N-dealkylation sites (N-methyl/N-ethyl adjacent to an activating group) is 2. The normalized spacial score (nSPS) is 16.6. The van der Waals surface area contributed by atoms with Gasteiger partial charge < -0.3 is 15.0 Å². The van der Waals surface area contributed by atoms with Gasteiger partial charge in [0.25, 0.3) is 0 Å². The molecule has 1 saturated carbocycles. The Hall–Kier alpha value is -1.22. The standard InChI is InChI=1S/C14H22N2O/c1-15-14(11-4-5-11)10-16(2)12-6-8-13(17-3)9-7-12/h6-9,11,14-15H,4-5,10H2,1-3H3. The number of nitrogens with zero attached hydrogens (tertiary/aromatic N) is 1. The molecule has 1 unspecified atom stereocenters. The molecular formula is C14H22N2O. The molecule has 2 rings (SSSR count). The van der Waals surface area contributed by atoms with E-state index >= 15 is 0 Å². The Morgan fingerprint density at radius 2 is 2.00 bits per heavy atom. The maximum absolute atomic E-state index is 5.17. The maximum atomic E-state index is 5.17. The molecule has 1 aromatic carbocycles. The number of hydrogen-bond donors (Lipinski definition) is 1. The second-order valence-corrected chi connectivity index (χ2v) is 4.81. The lowest BCUT2D eigenvalue weighted by Gasteiger charge is -2.25. The molecule has 94 valence electrons. The Balaban J connectivity index is 1.95. The number of hydrogen-bond acceptors (Lipinski definition) is 3. The Labute approximate surface area is 104 Å². The summed E-state index contributed by atoms with van der Waals surface area (Å²) < 4.78 is 5.17. The van der Waals surface area contributed by atoms with Crippen molar-refractivity contribution >= 4 is 5.69 Å². The molecule has 3 heteroatoms. The Morgan fingerprint density at radius 1 is 1.35 bits per heavy atom. The molecule has 0 spiro atoms. The van der Waals surface area contributed by atoms with Gasteiger partial charge in [0.2, 0.25) is 0 Å². The van der Waals surface area contributed by atoms with Gasteiger partial charge in [-0.05, 0) is 50.1 Å². The van der Waals surface area contributed by atoms with Crippen LogP contribution >= 0.6 is 0 Å². The number of nitrogens with one attached hydrogen (secondary N) is 1. The van der Waals surface area contributed by atoms with E-state index in [0.29, 0.717) is 6.04 Å². The van der Waals surface area contributed by atoms with E-state index in [-0.39, 0.29) is 0 Å². The van der Waals surface area contributed by atoms with Gasteiger partial charge >= 0.3 is 0 Å². The second-order valence-electron chi connectivity index (χ2n) is 4.81. The van der Waals surface area contributed by atoms with Crippen molar-refractivity contribution in [2.45, 2.75) is 18.9 Å². The van der Waals surface area contributed by atoms with Gasteiger partial charge in [-0.3, -0.25) is 0 Å². The van der Waals surface area contributed by atoms with Crippen LogP contribution in [0, 0.1) is 5.92 Å². The zero-order valence-electron chi connectivity index (χ0n) is 10.9. The average molecular weight is 234 g/mol. The van der Waals surface area contributed by atoms with E-state index in [9.17, 15) is 0 Å². The molecule has 0 aromatic heterocycles. The highest BCUT2D eigenvalue weighted by Gasteiger charge is 2.30. The molecule has 0 saturated heterocycles. The first-order chi connectivity index (χ1) is 8.24. The molecule has 1 N–H and O–H groups in total. The molecule has 0 amide bonds. The Kier molecular flexibility index (Phi) is 3.89.